The molecule has 2 unspecified atom stereocenters. The largest absolute Gasteiger partial charge is 0.485 e. The zero-order valence-electron chi connectivity index (χ0n) is 32.2. The highest BCUT2D eigenvalue weighted by Gasteiger charge is 2.29. The number of Topliss-reactive ketones (excluding diaryl/α,β-unsaturated/α-hetero) is 1. The van der Waals surface area contributed by atoms with E-state index in [1.165, 1.54) is 0 Å². The average molecular weight is 770 g/mol. The molecule has 0 N–H and O–H groups in total. The molecule has 2 atom stereocenters. The van der Waals surface area contributed by atoms with Crippen molar-refractivity contribution in [1.82, 2.24) is 0 Å². The number of carbonyl (C=O) groups is 1. The van der Waals surface area contributed by atoms with Gasteiger partial charge in [0.15, 0.2) is 14.0 Å². The molecule has 284 valence electrons. The van der Waals surface area contributed by atoms with Crippen molar-refractivity contribution in [3.63, 3.8) is 0 Å². The van der Waals surface area contributed by atoms with Gasteiger partial charge in [-0.3, -0.25) is 9.45 Å². The van der Waals surface area contributed by atoms with Gasteiger partial charge in [0.05, 0.1) is 17.1 Å². The SMILES string of the molecule is C=C=N[Si](C)(C)C.O=C1CC(c2ccccc2)Oc2ccc(Oc3ccccc3)cc21.[C-]#[N+]/N=C1\CC(c2ccccc2)Oc2ccc(Oc3ccccc3)cc21. The molecule has 0 fully saturated rings. The van der Waals surface area contributed by atoms with Gasteiger partial charge in [-0.1, -0.05) is 97.1 Å². The van der Waals surface area contributed by atoms with Gasteiger partial charge in [0, 0.05) is 12.0 Å². The van der Waals surface area contributed by atoms with Crippen molar-refractivity contribution in [2.24, 2.45) is 9.76 Å². The van der Waals surface area contributed by atoms with E-state index in [1.54, 1.807) is 12.1 Å². The molecule has 2 aliphatic heterocycles. The van der Waals surface area contributed by atoms with Crippen molar-refractivity contribution < 1.29 is 23.7 Å². The molecule has 0 aliphatic carbocycles. The normalized spacial score (nSPS) is 15.8. The van der Waals surface area contributed by atoms with Crippen LogP contribution in [0.15, 0.2) is 174 Å². The number of nitrogens with zero attached hydrogens (tertiary/aromatic N) is 3. The predicted octanol–water partition coefficient (Wildman–Crippen LogP) is 12.5. The summed E-state index contributed by atoms with van der Waals surface area (Å²) in [5.41, 5.74) is 4.19. The third-order valence-electron chi connectivity index (χ3n) is 8.69. The average Bonchev–Trinajstić information content (AvgIpc) is 3.23. The third kappa shape index (κ3) is 11.3. The topological polar surface area (TPSA) is 83.1 Å². The molecule has 57 heavy (non-hydrogen) atoms. The number of ketones is 1. The minimum atomic E-state index is -1.21. The first kappa shape index (κ1) is 39.7. The van der Waals surface area contributed by atoms with Crippen LogP contribution in [0.25, 0.3) is 4.95 Å². The smallest absolute Gasteiger partial charge is 0.184 e. The number of hydrogen-bond donors (Lipinski definition) is 0. The molecule has 2 aliphatic rings. The molecular weight excluding hydrogens is 727 g/mol. The Labute approximate surface area is 335 Å². The van der Waals surface area contributed by atoms with Crippen LogP contribution in [0.4, 0.5) is 0 Å². The van der Waals surface area contributed by atoms with E-state index in [-0.39, 0.29) is 18.0 Å². The molecule has 0 saturated heterocycles. The van der Waals surface area contributed by atoms with E-state index in [1.807, 2.05) is 146 Å². The Morgan fingerprint density at radius 1 is 0.632 bits per heavy atom. The summed E-state index contributed by atoms with van der Waals surface area (Å²) in [6.45, 7) is 17.0. The Morgan fingerprint density at radius 3 is 1.51 bits per heavy atom. The Hall–Kier alpha value is -6.98. The molecule has 6 aromatic rings. The zero-order chi connectivity index (χ0) is 40.0. The summed E-state index contributed by atoms with van der Waals surface area (Å²) in [7, 11) is -1.21. The maximum atomic E-state index is 12.5. The van der Waals surface area contributed by atoms with Gasteiger partial charge in [-0.2, -0.15) is 6.57 Å². The molecule has 8 nitrogen and oxygen atoms in total. The number of hydrogen-bond acceptors (Lipinski definition) is 7. The molecule has 0 bridgehead atoms. The lowest BCUT2D eigenvalue weighted by atomic mass is 9.95. The Morgan fingerprint density at radius 2 is 1.07 bits per heavy atom. The van der Waals surface area contributed by atoms with Crippen LogP contribution in [0.5, 0.6) is 34.5 Å². The van der Waals surface area contributed by atoms with Crippen LogP contribution in [-0.4, -0.2) is 25.6 Å². The van der Waals surface area contributed by atoms with Crippen LogP contribution in [0, 0.1) is 6.57 Å². The maximum absolute atomic E-state index is 12.5. The molecule has 2 heterocycles. The molecule has 9 heteroatoms. The molecule has 8 rings (SSSR count). The minimum absolute atomic E-state index is 0.0728. The Balaban J connectivity index is 0.000000166. The number of benzene rings is 6. The molecule has 0 saturated carbocycles. The van der Waals surface area contributed by atoms with Crippen LogP contribution in [0.1, 0.15) is 52.1 Å². The van der Waals surface area contributed by atoms with Crippen molar-refractivity contribution in [1.29, 1.82) is 0 Å². The van der Waals surface area contributed by atoms with Crippen molar-refractivity contribution in [3.05, 3.63) is 198 Å². The number of para-hydroxylation sites is 2. The van der Waals surface area contributed by atoms with Crippen LogP contribution in [-0.2, 0) is 0 Å². The van der Waals surface area contributed by atoms with Crippen molar-refractivity contribution in [2.75, 3.05) is 0 Å². The molecule has 6 aromatic carbocycles. The fraction of sp³-hybridized carbons (Fsp3) is 0.146. The lowest BCUT2D eigenvalue weighted by Gasteiger charge is -2.26. The van der Waals surface area contributed by atoms with E-state index in [2.05, 4.69) is 46.8 Å². The van der Waals surface area contributed by atoms with E-state index >= 15 is 0 Å². The summed E-state index contributed by atoms with van der Waals surface area (Å²) in [5.74, 6) is 6.77. The fourth-order valence-corrected chi connectivity index (χ4v) is 6.57. The summed E-state index contributed by atoms with van der Waals surface area (Å²) in [6, 6.07) is 49.9. The van der Waals surface area contributed by atoms with E-state index in [0.29, 0.717) is 47.1 Å². The van der Waals surface area contributed by atoms with Gasteiger partial charge in [0.1, 0.15) is 52.4 Å². The van der Waals surface area contributed by atoms with Gasteiger partial charge in [0.25, 0.3) is 0 Å². The van der Waals surface area contributed by atoms with Crippen LogP contribution < -0.4 is 18.9 Å². The maximum Gasteiger partial charge on any atom is 0.184 e. The minimum Gasteiger partial charge on any atom is -0.485 e. The lowest BCUT2D eigenvalue weighted by molar-refractivity contribution is 0.0849. The molecular formula is C48H43N3O5Si. The van der Waals surface area contributed by atoms with E-state index in [0.717, 1.165) is 28.2 Å². The molecule has 0 amide bonds. The van der Waals surface area contributed by atoms with Gasteiger partial charge >= 0.3 is 0 Å². The van der Waals surface area contributed by atoms with E-state index in [9.17, 15) is 4.79 Å². The third-order valence-corrected chi connectivity index (χ3v) is 9.52. The van der Waals surface area contributed by atoms with Gasteiger partial charge in [-0.05, 0) is 104 Å². The fourth-order valence-electron chi connectivity index (χ4n) is 6.10. The Kier molecular flexibility index (Phi) is 13.3. The second kappa shape index (κ2) is 19.1. The first-order valence-corrected chi connectivity index (χ1v) is 22.0. The zero-order valence-corrected chi connectivity index (χ0v) is 33.2. The number of rotatable bonds is 7. The highest BCUT2D eigenvalue weighted by molar-refractivity contribution is 6.75. The van der Waals surface area contributed by atoms with Crippen molar-refractivity contribution in [3.8, 4) is 34.5 Å². The molecule has 0 aromatic heterocycles. The molecule has 0 spiro atoms. The van der Waals surface area contributed by atoms with Gasteiger partial charge < -0.3 is 18.9 Å². The summed E-state index contributed by atoms with van der Waals surface area (Å²) in [4.78, 5) is 15.8. The quantitative estimate of drug-likeness (QED) is 0.0699. The number of carbonyl (C=O) groups excluding carboxylic acids is 1. The lowest BCUT2D eigenvalue weighted by Crippen LogP contribution is -2.20. The summed E-state index contributed by atoms with van der Waals surface area (Å²) < 4.78 is 27.9. The number of ether oxygens (including phenoxy) is 4. The Bertz CT molecular complexity index is 2390. The predicted molar refractivity (Wildman–Crippen MR) is 229 cm³/mol. The summed E-state index contributed by atoms with van der Waals surface area (Å²) >= 11 is 0. The van der Waals surface area contributed by atoms with Crippen molar-refractivity contribution >= 4 is 25.6 Å². The van der Waals surface area contributed by atoms with Gasteiger partial charge in [-0.15, -0.1) is 4.95 Å². The first-order valence-electron chi connectivity index (χ1n) is 18.6. The molecule has 0 radical (unpaired) electrons. The highest BCUT2D eigenvalue weighted by Crippen LogP contribution is 2.39. The van der Waals surface area contributed by atoms with Crippen LogP contribution >= 0.6 is 0 Å². The van der Waals surface area contributed by atoms with Crippen molar-refractivity contribution in [2.45, 2.75) is 44.7 Å². The second-order valence-electron chi connectivity index (χ2n) is 14.1. The van der Waals surface area contributed by atoms with Crippen LogP contribution in [0.3, 0.4) is 0 Å². The number of fused-ring (bicyclic) bond motifs is 2. The first-order chi connectivity index (χ1) is 27.7. The van der Waals surface area contributed by atoms with Crippen LogP contribution in [0.2, 0.25) is 19.6 Å². The summed E-state index contributed by atoms with van der Waals surface area (Å²) in [6.07, 6.45) is 0.511. The highest BCUT2D eigenvalue weighted by atomic mass is 28.3. The van der Waals surface area contributed by atoms with E-state index in [4.69, 9.17) is 25.5 Å². The summed E-state index contributed by atoms with van der Waals surface area (Å²) in [5, 5.41) is 4.02. The van der Waals surface area contributed by atoms with Gasteiger partial charge in [0.2, 0.25) is 0 Å². The second-order valence-corrected chi connectivity index (χ2v) is 18.7. The monoisotopic (exact) mass is 769 g/mol. The van der Waals surface area contributed by atoms with E-state index < -0.39 is 8.24 Å². The standard InChI is InChI=1S/C22H16N2O2.C21H16O3.C5H11NSi/c1-23-24-20-15-22(16-8-4-2-5-9-16)26-21-13-12-18(14-19(20)21)25-17-10-6-3-7-11-17;22-19-14-21(15-7-3-1-4-8-15)24-20-12-11-17(13-18(19)20)23-16-9-5-2-6-10-16;1-5-6-7(2,3)4/h2-14,22H,15H2;1-13,21H,14H2;1H2,2-4H3/b24-20+;;. The van der Waals surface area contributed by atoms with Gasteiger partial charge in [-0.25, -0.2) is 0 Å².